The Morgan fingerprint density at radius 3 is 2.55 bits per heavy atom. The van der Waals surface area contributed by atoms with Crippen LogP contribution in [0.15, 0.2) is 27.6 Å². The summed E-state index contributed by atoms with van der Waals surface area (Å²) in [6, 6.07) is 3.30. The van der Waals surface area contributed by atoms with Crippen molar-refractivity contribution in [2.24, 2.45) is 28.6 Å². The number of carbonyl (C=O) groups is 2. The summed E-state index contributed by atoms with van der Waals surface area (Å²) in [5.41, 5.74) is 0.106. The molecule has 1 spiro atoms. The van der Waals surface area contributed by atoms with Crippen LogP contribution in [0.4, 0.5) is 4.79 Å². The van der Waals surface area contributed by atoms with E-state index in [1.165, 1.54) is 13.0 Å². The van der Waals surface area contributed by atoms with Crippen molar-refractivity contribution in [1.29, 1.82) is 0 Å². The highest BCUT2D eigenvalue weighted by Crippen LogP contribution is 2.78. The summed E-state index contributed by atoms with van der Waals surface area (Å²) in [4.78, 5) is 41.5. The van der Waals surface area contributed by atoms with Crippen molar-refractivity contribution in [3.8, 4) is 0 Å². The molecule has 242 valence electrons. The number of alkyl carbamates (subject to hydrolysis) is 1. The first-order chi connectivity index (χ1) is 21.0. The number of likely N-dealkylation sites (N-methyl/N-ethyl adjacent to an activating group) is 1. The molecule has 0 aromatic carbocycles. The Hall–Kier alpha value is -2.43. The fourth-order valence-electron chi connectivity index (χ4n) is 10.8. The van der Waals surface area contributed by atoms with Gasteiger partial charge in [-0.1, -0.05) is 13.8 Å². The molecule has 2 saturated heterocycles. The second-order valence-electron chi connectivity index (χ2n) is 15.1. The lowest BCUT2D eigenvalue weighted by molar-refractivity contribution is -0.158. The lowest BCUT2D eigenvalue weighted by Crippen LogP contribution is -2.58. The largest absolute Gasteiger partial charge is 0.459 e. The molecule has 0 unspecified atom stereocenters. The molecule has 0 radical (unpaired) electrons. The van der Waals surface area contributed by atoms with E-state index in [1.807, 2.05) is 6.07 Å². The van der Waals surface area contributed by atoms with Crippen LogP contribution in [-0.2, 0) is 19.0 Å². The highest BCUT2D eigenvalue weighted by atomic mass is 16.7. The fourth-order valence-corrected chi connectivity index (χ4v) is 10.8. The highest BCUT2D eigenvalue weighted by molar-refractivity contribution is 5.67. The Morgan fingerprint density at radius 2 is 1.82 bits per heavy atom. The van der Waals surface area contributed by atoms with Crippen LogP contribution in [0.2, 0.25) is 0 Å². The van der Waals surface area contributed by atoms with Gasteiger partial charge in [-0.3, -0.25) is 9.69 Å². The van der Waals surface area contributed by atoms with Gasteiger partial charge in [0.25, 0.3) is 0 Å². The van der Waals surface area contributed by atoms with Crippen molar-refractivity contribution in [2.75, 3.05) is 46.3 Å². The smallest absolute Gasteiger partial charge is 0.407 e. The molecule has 6 aliphatic rings. The Bertz CT molecular complexity index is 1310. The summed E-state index contributed by atoms with van der Waals surface area (Å²) < 4.78 is 24.0. The van der Waals surface area contributed by atoms with E-state index in [9.17, 15) is 14.4 Å². The van der Waals surface area contributed by atoms with Gasteiger partial charge in [0.2, 0.25) is 0 Å². The summed E-state index contributed by atoms with van der Waals surface area (Å²) in [5.74, 6) is 0.993. The van der Waals surface area contributed by atoms with Gasteiger partial charge in [-0.25, -0.2) is 9.59 Å². The number of amides is 1. The van der Waals surface area contributed by atoms with Crippen LogP contribution >= 0.6 is 0 Å². The molecule has 4 aliphatic carbocycles. The molecule has 1 aromatic heterocycles. The van der Waals surface area contributed by atoms with Crippen LogP contribution in [0.3, 0.4) is 0 Å². The van der Waals surface area contributed by atoms with Gasteiger partial charge < -0.3 is 28.8 Å². The maximum absolute atomic E-state index is 12.7. The minimum absolute atomic E-state index is 0.0397. The standard InChI is InChI=1S/C34H49N3O7/c1-21(38)42-29-28(22-5-8-27(39)41-20-22)33(3)12-10-25-26(34(33)30(29)44-34)7-6-23-19-24(9-11-32(23,25)2)43-31(40)35-13-14-37-17-15-36(4)16-18-37/h5,8,20,23-26,28-30H,6-7,9-19H2,1-4H3,(H,35,40)/t23-,24+,25+,26-,28+,29-,30-,32+,33-,34-/m1/s1. The average Bonchev–Trinajstić information content (AvgIpc) is 3.69. The number of nitrogens with one attached hydrogen (secondary N) is 1. The van der Waals surface area contributed by atoms with Crippen molar-refractivity contribution < 1.29 is 28.2 Å². The first kappa shape index (κ1) is 30.2. The first-order valence-corrected chi connectivity index (χ1v) is 16.8. The SMILES string of the molecule is CC(=O)O[C@H]1[C@H]2O[C@]23[C@@H]2CC[C@@H]4C[C@@H](OC(=O)NCCN5CCN(C)CC5)CC[C@]4(C)[C@H]2CC[C@]3(C)[C@H]1c1ccc(=O)oc1. The Kier molecular flexibility index (Phi) is 7.64. The van der Waals surface area contributed by atoms with Gasteiger partial charge in [-0.05, 0) is 86.8 Å². The van der Waals surface area contributed by atoms with Gasteiger partial charge in [-0.15, -0.1) is 0 Å². The van der Waals surface area contributed by atoms with Gasteiger partial charge in [0.05, 0.1) is 6.26 Å². The highest BCUT2D eigenvalue weighted by Gasteiger charge is 2.84. The number of ether oxygens (including phenoxy) is 3. The lowest BCUT2D eigenvalue weighted by Gasteiger charge is -2.61. The predicted molar refractivity (Wildman–Crippen MR) is 162 cm³/mol. The summed E-state index contributed by atoms with van der Waals surface area (Å²) in [5, 5.41) is 3.00. The molecule has 1 amide bonds. The zero-order valence-electron chi connectivity index (χ0n) is 26.7. The Balaban J connectivity index is 1.02. The van der Waals surface area contributed by atoms with Crippen LogP contribution in [0, 0.1) is 28.6 Å². The molecule has 44 heavy (non-hydrogen) atoms. The molecule has 2 aliphatic heterocycles. The molecule has 7 rings (SSSR count). The first-order valence-electron chi connectivity index (χ1n) is 16.8. The normalized spacial score (nSPS) is 43.1. The van der Waals surface area contributed by atoms with E-state index in [4.69, 9.17) is 18.6 Å². The number of hydrogen-bond donors (Lipinski definition) is 1. The van der Waals surface area contributed by atoms with E-state index in [-0.39, 0.29) is 52.2 Å². The molecular formula is C34H49N3O7. The van der Waals surface area contributed by atoms with Crippen LogP contribution in [0.5, 0.6) is 0 Å². The van der Waals surface area contributed by atoms with E-state index >= 15 is 0 Å². The minimum Gasteiger partial charge on any atom is -0.459 e. The van der Waals surface area contributed by atoms with Crippen molar-refractivity contribution >= 4 is 12.1 Å². The second kappa shape index (κ2) is 11.1. The predicted octanol–water partition coefficient (Wildman–Crippen LogP) is 3.78. The van der Waals surface area contributed by atoms with Gasteiger partial charge >= 0.3 is 17.7 Å². The third kappa shape index (κ3) is 4.81. The molecule has 6 fully saturated rings. The molecule has 10 nitrogen and oxygen atoms in total. The van der Waals surface area contributed by atoms with Crippen molar-refractivity contribution in [1.82, 2.24) is 15.1 Å². The van der Waals surface area contributed by atoms with E-state index in [1.54, 1.807) is 6.26 Å². The van der Waals surface area contributed by atoms with Gasteiger partial charge in [-0.2, -0.15) is 0 Å². The van der Waals surface area contributed by atoms with Crippen LogP contribution in [0.1, 0.15) is 77.2 Å². The zero-order valence-corrected chi connectivity index (χ0v) is 26.7. The Labute approximate surface area is 260 Å². The molecule has 0 bridgehead atoms. The molecule has 3 heterocycles. The third-order valence-electron chi connectivity index (χ3n) is 13.0. The number of fused-ring (bicyclic) bond motifs is 3. The quantitative estimate of drug-likeness (QED) is 0.379. The molecule has 10 atom stereocenters. The number of carbonyl (C=O) groups excluding carboxylic acids is 2. The van der Waals surface area contributed by atoms with Crippen molar-refractivity contribution in [2.45, 2.75) is 95.5 Å². The maximum atomic E-state index is 12.7. The van der Waals surface area contributed by atoms with Crippen molar-refractivity contribution in [3.05, 3.63) is 34.4 Å². The average molecular weight is 612 g/mol. The van der Waals surface area contributed by atoms with E-state index < -0.39 is 6.10 Å². The van der Waals surface area contributed by atoms with Crippen molar-refractivity contribution in [3.63, 3.8) is 0 Å². The summed E-state index contributed by atoms with van der Waals surface area (Å²) in [6.45, 7) is 11.9. The Morgan fingerprint density at radius 1 is 1.02 bits per heavy atom. The number of esters is 1. The van der Waals surface area contributed by atoms with E-state index in [0.717, 1.165) is 83.2 Å². The fraction of sp³-hybridized carbons (Fsp3) is 0.794. The summed E-state index contributed by atoms with van der Waals surface area (Å²) in [6.07, 6.45) is 7.73. The number of hydrogen-bond acceptors (Lipinski definition) is 9. The minimum atomic E-state index is -0.395. The number of rotatable bonds is 6. The monoisotopic (exact) mass is 611 g/mol. The zero-order chi connectivity index (χ0) is 30.9. The molecule has 10 heteroatoms. The maximum Gasteiger partial charge on any atom is 0.407 e. The van der Waals surface area contributed by atoms with Gasteiger partial charge in [0.1, 0.15) is 23.9 Å². The number of piperazine rings is 1. The third-order valence-corrected chi connectivity index (χ3v) is 13.0. The summed E-state index contributed by atoms with van der Waals surface area (Å²) in [7, 11) is 2.15. The summed E-state index contributed by atoms with van der Waals surface area (Å²) >= 11 is 0. The van der Waals surface area contributed by atoms with E-state index in [0.29, 0.717) is 24.3 Å². The van der Waals surface area contributed by atoms with Gasteiger partial charge in [0, 0.05) is 63.6 Å². The number of epoxide rings is 1. The molecule has 1 aromatic rings. The topological polar surface area (TPSA) is 114 Å². The van der Waals surface area contributed by atoms with Crippen LogP contribution < -0.4 is 10.9 Å². The molecule has 1 N–H and O–H groups in total. The lowest BCUT2D eigenvalue weighted by atomic mass is 9.44. The number of nitrogens with zero attached hydrogens (tertiary/aromatic N) is 2. The van der Waals surface area contributed by atoms with Gasteiger partial charge in [0.15, 0.2) is 0 Å². The molecular weight excluding hydrogens is 562 g/mol. The molecule has 4 saturated carbocycles. The van der Waals surface area contributed by atoms with Crippen LogP contribution in [0.25, 0.3) is 0 Å². The van der Waals surface area contributed by atoms with E-state index in [2.05, 4.69) is 36.0 Å². The second-order valence-corrected chi connectivity index (χ2v) is 15.1. The van der Waals surface area contributed by atoms with Crippen LogP contribution in [-0.4, -0.2) is 92.1 Å².